The first-order valence-electron chi connectivity index (χ1n) is 21.0. The van der Waals surface area contributed by atoms with E-state index in [1.807, 2.05) is 0 Å². The van der Waals surface area contributed by atoms with Gasteiger partial charge in [0.1, 0.15) is 32.6 Å². The summed E-state index contributed by atoms with van der Waals surface area (Å²) in [5, 5.41) is 38.4. The lowest BCUT2D eigenvalue weighted by Gasteiger charge is -2.13. The van der Waals surface area contributed by atoms with Crippen molar-refractivity contribution >= 4 is 134 Å². The van der Waals surface area contributed by atoms with E-state index in [4.69, 9.17) is 10.5 Å². The maximum absolute atomic E-state index is 12.9. The number of ether oxygens (including phenoxy) is 1. The van der Waals surface area contributed by atoms with Crippen molar-refractivity contribution in [1.29, 1.82) is 0 Å². The molecule has 1 amide bonds. The molecular weight excluding hydrogens is 1100 g/mol. The summed E-state index contributed by atoms with van der Waals surface area (Å²) in [6.45, 7) is 1.50. The van der Waals surface area contributed by atoms with Crippen molar-refractivity contribution in [3.8, 4) is 11.5 Å². The van der Waals surface area contributed by atoms with Gasteiger partial charge in [-0.3, -0.25) is 27.6 Å². The number of phenolic OH excluding ortho intramolecular Hbond substituents is 1. The molecule has 31 heteroatoms. The number of nitrogens with one attached hydrogen (secondary N) is 1. The fourth-order valence-electron chi connectivity index (χ4n) is 7.41. The van der Waals surface area contributed by atoms with Crippen LogP contribution in [0.3, 0.4) is 0 Å². The van der Waals surface area contributed by atoms with Crippen LogP contribution in [-0.4, -0.2) is 82.5 Å². The molecule has 392 valence electrons. The van der Waals surface area contributed by atoms with Crippen molar-refractivity contribution in [3.05, 3.63) is 127 Å². The first kappa shape index (κ1) is 54.0. The number of amides is 1. The molecule has 0 radical (unpaired) electrons. The molecule has 0 spiro atoms. The van der Waals surface area contributed by atoms with E-state index in [1.54, 1.807) is 6.92 Å². The summed E-state index contributed by atoms with van der Waals surface area (Å²) in [7, 11) is -25.2. The number of azo groups is 3. The minimum absolute atomic E-state index is 0.000124. The quantitative estimate of drug-likeness (QED) is 0.0269. The zero-order valence-electron chi connectivity index (χ0n) is 38.1. The van der Waals surface area contributed by atoms with E-state index in [2.05, 4.69) is 36.0 Å². The number of rotatable bonds is 15. The van der Waals surface area contributed by atoms with Crippen LogP contribution >= 0.6 is 0 Å². The molecule has 0 unspecified atom stereocenters. The molecule has 0 fully saturated rings. The van der Waals surface area contributed by atoms with Crippen LogP contribution in [0.4, 0.5) is 45.5 Å². The zero-order valence-corrected chi connectivity index (χ0v) is 42.2. The molecule has 0 saturated carbocycles. The van der Waals surface area contributed by atoms with Crippen LogP contribution in [0.5, 0.6) is 11.5 Å². The highest BCUT2D eigenvalue weighted by atomic mass is 32.2. The van der Waals surface area contributed by atoms with Crippen LogP contribution in [0.1, 0.15) is 17.3 Å². The van der Waals surface area contributed by atoms with Gasteiger partial charge in [0.05, 0.1) is 38.4 Å². The lowest BCUT2D eigenvalue weighted by molar-refractivity contribution is 0.102. The van der Waals surface area contributed by atoms with Gasteiger partial charge in [-0.25, -0.2) is 0 Å². The normalized spacial score (nSPS) is 12.9. The van der Waals surface area contributed by atoms with E-state index < -0.39 is 98.1 Å². The number of anilines is 2. The van der Waals surface area contributed by atoms with Gasteiger partial charge in [-0.15, -0.1) is 30.7 Å². The molecule has 8 aromatic carbocycles. The summed E-state index contributed by atoms with van der Waals surface area (Å²) in [5.74, 6) is -1.46. The van der Waals surface area contributed by atoms with Gasteiger partial charge in [-0.2, -0.15) is 42.1 Å². The molecule has 0 heterocycles. The number of carbonyl (C=O) groups is 1. The number of nitrogens with two attached hydrogens (primary N) is 1. The zero-order chi connectivity index (χ0) is 55.3. The Morgan fingerprint density at radius 1 is 0.487 bits per heavy atom. The molecule has 8 rings (SSSR count). The summed E-state index contributed by atoms with van der Waals surface area (Å²) in [4.78, 5) is 8.60. The van der Waals surface area contributed by atoms with Crippen molar-refractivity contribution in [1.82, 2.24) is 0 Å². The molecule has 0 aliphatic heterocycles. The second-order valence-electron chi connectivity index (χ2n) is 15.9. The number of hydrogen-bond donors (Lipinski definition) is 8. The lowest BCUT2D eigenvalue weighted by atomic mass is 10.1. The summed E-state index contributed by atoms with van der Waals surface area (Å²) in [5.41, 5.74) is 4.42. The molecule has 0 aliphatic rings. The number of nitrogen functional groups attached to an aromatic ring is 1. The SMILES string of the molecule is CCOc1cc(N=Nc2ccc(S(=O)(=O)O)cc2S(=O)(=O)O)c2cc(S(=O)(=O)O)ccc2c1N=Nc1ccc(N=Nc2c(S(=O)(=O)O)cc3cc(NC(=O)c4ccc(N)cc4)ccc3c2O)c2cc(S(=O)(=O)O)ccc12. The summed E-state index contributed by atoms with van der Waals surface area (Å²) < 4.78 is 178. The fraction of sp³-hybridized carbons (Fsp3) is 0.0444. The average Bonchev–Trinajstić information content (AvgIpc) is 3.33. The van der Waals surface area contributed by atoms with Gasteiger partial charge >= 0.3 is 0 Å². The number of hydrogen-bond acceptors (Lipinski definition) is 20. The second kappa shape index (κ2) is 20.1. The molecule has 0 atom stereocenters. The Morgan fingerprint density at radius 3 is 1.55 bits per heavy atom. The van der Waals surface area contributed by atoms with Crippen molar-refractivity contribution < 1.29 is 79.5 Å². The molecule has 26 nitrogen and oxygen atoms in total. The Bertz CT molecular complexity index is 4460. The largest absolute Gasteiger partial charge is 0.505 e. The highest BCUT2D eigenvalue weighted by molar-refractivity contribution is 7.87. The molecule has 0 bridgehead atoms. The molecule has 76 heavy (non-hydrogen) atoms. The van der Waals surface area contributed by atoms with E-state index in [0.29, 0.717) is 11.8 Å². The third-order valence-electron chi connectivity index (χ3n) is 10.9. The number of nitrogens with zero attached hydrogens (tertiary/aromatic N) is 6. The van der Waals surface area contributed by atoms with Crippen LogP contribution < -0.4 is 15.8 Å². The standard InChI is InChI=1S/C45H34N8O18S5/c1-2-71-39-22-38(51-50-37-14-10-29(74(62,63)64)21-40(37)75(65,66)67)34-20-28(73(59,60)61)9-13-32(34)42(39)52-48-35-15-16-36(33-19-27(72(56,57)58)8-12-31(33)35)49-53-43-41(76(68,69)70)18-24-17-26(7-11-30(24)44(43)54)47-45(55)23-3-5-25(46)6-4-23/h3-22,54H,2,46H2,1H3,(H,47,55)(H,56,57,58)(H,59,60,61)(H,62,63,64)(H,65,66,67)(H,68,69,70). The predicted molar refractivity (Wildman–Crippen MR) is 272 cm³/mol. The van der Waals surface area contributed by atoms with Gasteiger partial charge < -0.3 is 20.9 Å². The number of benzene rings is 8. The van der Waals surface area contributed by atoms with Gasteiger partial charge in [0.2, 0.25) is 0 Å². The Morgan fingerprint density at radius 2 is 0.974 bits per heavy atom. The highest BCUT2D eigenvalue weighted by Gasteiger charge is 2.25. The van der Waals surface area contributed by atoms with Gasteiger partial charge in [0.25, 0.3) is 56.5 Å². The van der Waals surface area contributed by atoms with Gasteiger partial charge in [0.15, 0.2) is 5.75 Å². The number of aromatic hydroxyl groups is 1. The van der Waals surface area contributed by atoms with Crippen LogP contribution in [0.15, 0.2) is 176 Å². The Kier molecular flexibility index (Phi) is 14.3. The van der Waals surface area contributed by atoms with E-state index in [-0.39, 0.29) is 78.7 Å². The number of phenols is 1. The van der Waals surface area contributed by atoms with Crippen LogP contribution in [-0.2, 0) is 50.6 Å². The third kappa shape index (κ3) is 11.5. The third-order valence-corrected chi connectivity index (χ3v) is 15.2. The van der Waals surface area contributed by atoms with E-state index in [9.17, 15) is 74.8 Å². The fourth-order valence-corrected chi connectivity index (χ4v) is 10.3. The van der Waals surface area contributed by atoms with Crippen LogP contribution in [0.25, 0.3) is 32.3 Å². The smallest absolute Gasteiger partial charge is 0.296 e. The second-order valence-corrected chi connectivity index (χ2v) is 22.9. The van der Waals surface area contributed by atoms with Crippen LogP contribution in [0.2, 0.25) is 0 Å². The Hall–Kier alpha value is -8.24. The minimum atomic E-state index is -5.22. The van der Waals surface area contributed by atoms with E-state index >= 15 is 0 Å². The molecule has 0 saturated heterocycles. The number of carbonyl (C=O) groups excluding carboxylic acids is 1. The molecule has 8 aromatic rings. The predicted octanol–water partition coefficient (Wildman–Crippen LogP) is 9.56. The van der Waals surface area contributed by atoms with Crippen molar-refractivity contribution in [2.24, 2.45) is 30.7 Å². The van der Waals surface area contributed by atoms with E-state index in [0.717, 1.165) is 48.5 Å². The van der Waals surface area contributed by atoms with E-state index in [1.165, 1.54) is 66.7 Å². The Labute approximate surface area is 429 Å². The van der Waals surface area contributed by atoms with Crippen LogP contribution in [0, 0.1) is 0 Å². The molecule has 9 N–H and O–H groups in total. The summed E-state index contributed by atoms with van der Waals surface area (Å²) in [6.07, 6.45) is 0. The lowest BCUT2D eigenvalue weighted by Crippen LogP contribution is -2.11. The number of fused-ring (bicyclic) bond motifs is 3. The van der Waals surface area contributed by atoms with Crippen molar-refractivity contribution in [2.75, 3.05) is 17.7 Å². The molecule has 0 aromatic heterocycles. The van der Waals surface area contributed by atoms with Crippen molar-refractivity contribution in [3.63, 3.8) is 0 Å². The maximum Gasteiger partial charge on any atom is 0.296 e. The average molecular weight is 1140 g/mol. The monoisotopic (exact) mass is 1130 g/mol. The molecular formula is C45H34N8O18S5. The van der Waals surface area contributed by atoms with Gasteiger partial charge in [0, 0.05) is 49.9 Å². The maximum atomic E-state index is 12.9. The summed E-state index contributed by atoms with van der Waals surface area (Å²) in [6, 6.07) is 22.8. The topological polar surface area (TPSA) is 431 Å². The van der Waals surface area contributed by atoms with Gasteiger partial charge in [-0.05, 0) is 115 Å². The summed E-state index contributed by atoms with van der Waals surface area (Å²) >= 11 is 0. The molecule has 0 aliphatic carbocycles. The first-order valence-corrected chi connectivity index (χ1v) is 28.2. The van der Waals surface area contributed by atoms with Crippen molar-refractivity contribution in [2.45, 2.75) is 31.4 Å². The first-order chi connectivity index (χ1) is 35.5. The minimum Gasteiger partial charge on any atom is -0.505 e. The Balaban J connectivity index is 1.24. The highest BCUT2D eigenvalue weighted by Crippen LogP contribution is 2.46. The van der Waals surface area contributed by atoms with Gasteiger partial charge in [-0.1, -0.05) is 12.1 Å².